The monoisotopic (exact) mass is 389 g/mol. The van der Waals surface area contributed by atoms with Crippen molar-refractivity contribution < 1.29 is 14.3 Å². The maximum atomic E-state index is 11.9. The zero-order chi connectivity index (χ0) is 18.5. The van der Waals surface area contributed by atoms with Crippen molar-refractivity contribution >= 4 is 45.6 Å². The predicted octanol–water partition coefficient (Wildman–Crippen LogP) is 5.42. The highest BCUT2D eigenvalue weighted by molar-refractivity contribution is 6.37. The molecule has 0 spiro atoms. The van der Waals surface area contributed by atoms with Gasteiger partial charge in [0.15, 0.2) is 0 Å². The van der Waals surface area contributed by atoms with Crippen LogP contribution in [-0.2, 0) is 4.74 Å². The molecule has 4 nitrogen and oxygen atoms in total. The van der Waals surface area contributed by atoms with Crippen LogP contribution < -0.4 is 10.1 Å². The van der Waals surface area contributed by atoms with E-state index in [1.54, 1.807) is 6.07 Å². The largest absolute Gasteiger partial charge is 0.492 e. The summed E-state index contributed by atoms with van der Waals surface area (Å²) in [7, 11) is 1.31. The third-order valence-electron chi connectivity index (χ3n) is 3.85. The minimum atomic E-state index is -0.507. The van der Waals surface area contributed by atoms with E-state index in [1.807, 2.05) is 36.4 Å². The number of esters is 1. The van der Waals surface area contributed by atoms with Crippen LogP contribution in [0.4, 0.5) is 5.69 Å². The first kappa shape index (κ1) is 18.4. The van der Waals surface area contributed by atoms with Gasteiger partial charge in [0, 0.05) is 11.6 Å². The van der Waals surface area contributed by atoms with Crippen molar-refractivity contribution in [1.29, 1.82) is 0 Å². The molecule has 0 atom stereocenters. The van der Waals surface area contributed by atoms with E-state index < -0.39 is 5.97 Å². The van der Waals surface area contributed by atoms with Gasteiger partial charge in [0.1, 0.15) is 12.4 Å². The molecule has 0 heterocycles. The number of methoxy groups -OCH3 is 1. The fourth-order valence-corrected chi connectivity index (χ4v) is 3.19. The lowest BCUT2D eigenvalue weighted by Crippen LogP contribution is -2.15. The summed E-state index contributed by atoms with van der Waals surface area (Å²) in [5.74, 6) is 0.272. The van der Waals surface area contributed by atoms with Gasteiger partial charge in [0.25, 0.3) is 0 Å². The molecule has 0 aliphatic carbocycles. The topological polar surface area (TPSA) is 47.6 Å². The van der Waals surface area contributed by atoms with E-state index in [0.29, 0.717) is 28.9 Å². The highest BCUT2D eigenvalue weighted by atomic mass is 35.5. The number of hydrogen-bond donors (Lipinski definition) is 1. The van der Waals surface area contributed by atoms with Crippen molar-refractivity contribution in [2.24, 2.45) is 0 Å². The summed E-state index contributed by atoms with van der Waals surface area (Å²) in [5, 5.41) is 6.11. The third-order valence-corrected chi connectivity index (χ3v) is 4.37. The van der Waals surface area contributed by atoms with Crippen LogP contribution in [-0.4, -0.2) is 26.2 Å². The van der Waals surface area contributed by atoms with Crippen molar-refractivity contribution in [3.8, 4) is 5.75 Å². The lowest BCUT2D eigenvalue weighted by atomic mass is 10.1. The number of anilines is 1. The third kappa shape index (κ3) is 4.21. The van der Waals surface area contributed by atoms with Crippen LogP contribution in [0.5, 0.6) is 5.75 Å². The van der Waals surface area contributed by atoms with Gasteiger partial charge in [0.05, 0.1) is 23.4 Å². The van der Waals surface area contributed by atoms with Gasteiger partial charge in [-0.3, -0.25) is 0 Å². The Kier molecular flexibility index (Phi) is 5.86. The average molecular weight is 390 g/mol. The number of halogens is 2. The smallest absolute Gasteiger partial charge is 0.340 e. The Balaban J connectivity index is 1.65. The average Bonchev–Trinajstić information content (AvgIpc) is 2.65. The van der Waals surface area contributed by atoms with Crippen LogP contribution in [0.15, 0.2) is 54.6 Å². The molecular formula is C20H17Cl2NO3. The van der Waals surface area contributed by atoms with Crippen LogP contribution in [0.1, 0.15) is 10.4 Å². The molecule has 3 aromatic rings. The van der Waals surface area contributed by atoms with Crippen LogP contribution in [0.3, 0.4) is 0 Å². The van der Waals surface area contributed by atoms with Crippen molar-refractivity contribution in [2.45, 2.75) is 0 Å². The SMILES string of the molecule is COC(=O)c1cc(Cl)cc(Cl)c1NCCOc1ccc2ccccc2c1. The first-order chi connectivity index (χ1) is 12.6. The second-order valence-electron chi connectivity index (χ2n) is 5.59. The van der Waals surface area contributed by atoms with E-state index in [9.17, 15) is 4.79 Å². The normalized spacial score (nSPS) is 10.6. The number of fused-ring (bicyclic) bond motifs is 1. The van der Waals surface area contributed by atoms with Crippen molar-refractivity contribution in [2.75, 3.05) is 25.6 Å². The molecule has 6 heteroatoms. The zero-order valence-electron chi connectivity index (χ0n) is 14.1. The van der Waals surface area contributed by atoms with Gasteiger partial charge in [-0.15, -0.1) is 0 Å². The number of ether oxygens (including phenoxy) is 2. The number of carbonyl (C=O) groups excluding carboxylic acids is 1. The molecule has 1 N–H and O–H groups in total. The molecule has 0 aromatic heterocycles. The lowest BCUT2D eigenvalue weighted by Gasteiger charge is -2.14. The van der Waals surface area contributed by atoms with E-state index >= 15 is 0 Å². The molecule has 0 bridgehead atoms. The first-order valence-corrected chi connectivity index (χ1v) is 8.77. The molecular weight excluding hydrogens is 373 g/mol. The number of carbonyl (C=O) groups is 1. The van der Waals surface area contributed by atoms with Crippen molar-refractivity contribution in [3.05, 3.63) is 70.2 Å². The summed E-state index contributed by atoms with van der Waals surface area (Å²) in [6.45, 7) is 0.857. The van der Waals surface area contributed by atoms with E-state index in [1.165, 1.54) is 13.2 Å². The molecule has 26 heavy (non-hydrogen) atoms. The molecule has 0 aliphatic rings. The summed E-state index contributed by atoms with van der Waals surface area (Å²) in [6.07, 6.45) is 0. The zero-order valence-corrected chi connectivity index (χ0v) is 15.6. The van der Waals surface area contributed by atoms with Gasteiger partial charge in [-0.05, 0) is 35.0 Å². The fourth-order valence-electron chi connectivity index (χ4n) is 2.63. The molecule has 134 valence electrons. The summed E-state index contributed by atoms with van der Waals surface area (Å²) in [5.41, 5.74) is 0.765. The Morgan fingerprint density at radius 1 is 1.04 bits per heavy atom. The van der Waals surface area contributed by atoms with Crippen molar-refractivity contribution in [1.82, 2.24) is 0 Å². The fraction of sp³-hybridized carbons (Fsp3) is 0.150. The number of hydrogen-bond acceptors (Lipinski definition) is 4. The van der Waals surface area contributed by atoms with Crippen LogP contribution >= 0.6 is 23.2 Å². The van der Waals surface area contributed by atoms with Gasteiger partial charge in [-0.1, -0.05) is 53.5 Å². The number of nitrogens with one attached hydrogen (secondary N) is 1. The Morgan fingerprint density at radius 2 is 1.81 bits per heavy atom. The predicted molar refractivity (Wildman–Crippen MR) is 106 cm³/mol. The maximum absolute atomic E-state index is 11.9. The second kappa shape index (κ2) is 8.30. The Bertz CT molecular complexity index is 943. The van der Waals surface area contributed by atoms with Gasteiger partial charge < -0.3 is 14.8 Å². The Labute approximate surface area is 161 Å². The molecule has 0 fully saturated rings. The van der Waals surface area contributed by atoms with Crippen LogP contribution in [0.25, 0.3) is 10.8 Å². The van der Waals surface area contributed by atoms with Crippen LogP contribution in [0, 0.1) is 0 Å². The molecule has 0 unspecified atom stereocenters. The van der Waals surface area contributed by atoms with E-state index in [0.717, 1.165) is 16.5 Å². The lowest BCUT2D eigenvalue weighted by molar-refractivity contribution is 0.0602. The molecule has 0 saturated heterocycles. The van der Waals surface area contributed by atoms with Gasteiger partial charge in [0.2, 0.25) is 0 Å². The molecule has 0 saturated carbocycles. The minimum Gasteiger partial charge on any atom is -0.492 e. The van der Waals surface area contributed by atoms with Crippen LogP contribution in [0.2, 0.25) is 10.0 Å². The molecule has 0 aliphatic heterocycles. The van der Waals surface area contributed by atoms with E-state index in [-0.39, 0.29) is 5.56 Å². The summed E-state index contributed by atoms with van der Waals surface area (Å²) in [6, 6.07) is 17.1. The van der Waals surface area contributed by atoms with E-state index in [4.69, 9.17) is 32.7 Å². The molecule has 0 amide bonds. The second-order valence-corrected chi connectivity index (χ2v) is 6.43. The molecule has 3 aromatic carbocycles. The summed E-state index contributed by atoms with van der Waals surface area (Å²) >= 11 is 12.2. The first-order valence-electron chi connectivity index (χ1n) is 8.01. The van der Waals surface area contributed by atoms with Crippen molar-refractivity contribution in [3.63, 3.8) is 0 Å². The highest BCUT2D eigenvalue weighted by Gasteiger charge is 2.16. The summed E-state index contributed by atoms with van der Waals surface area (Å²) < 4.78 is 10.6. The Morgan fingerprint density at radius 3 is 2.58 bits per heavy atom. The highest BCUT2D eigenvalue weighted by Crippen LogP contribution is 2.30. The summed E-state index contributed by atoms with van der Waals surface area (Å²) in [4.78, 5) is 11.9. The molecule has 3 rings (SSSR count). The van der Waals surface area contributed by atoms with Gasteiger partial charge in [-0.2, -0.15) is 0 Å². The van der Waals surface area contributed by atoms with Gasteiger partial charge in [-0.25, -0.2) is 4.79 Å². The quantitative estimate of drug-likeness (QED) is 0.451. The Hall–Kier alpha value is -2.43. The minimum absolute atomic E-state index is 0.288. The number of rotatable bonds is 6. The standard InChI is InChI=1S/C20H17Cl2NO3/c1-25-20(24)17-11-15(21)12-18(22)19(17)23-8-9-26-16-7-6-13-4-2-3-5-14(13)10-16/h2-7,10-12,23H,8-9H2,1H3. The van der Waals surface area contributed by atoms with E-state index in [2.05, 4.69) is 11.4 Å². The van der Waals surface area contributed by atoms with Gasteiger partial charge >= 0.3 is 5.97 Å². The maximum Gasteiger partial charge on any atom is 0.340 e. The number of benzene rings is 3. The molecule has 0 radical (unpaired) electrons.